The summed E-state index contributed by atoms with van der Waals surface area (Å²) in [7, 11) is -3.20. The molecule has 0 aliphatic carbocycles. The highest BCUT2D eigenvalue weighted by Gasteiger charge is 2.34. The van der Waals surface area contributed by atoms with Gasteiger partial charge in [-0.2, -0.15) is 4.89 Å². The second-order valence-electron chi connectivity index (χ2n) is 8.09. The minimum absolute atomic E-state index is 0.0222. The SMILES string of the molecule is CCOP(=O)(Cc1ccc(NC(=O)[C@H]2Cc3cc4c(cc3C(=O)[C@H](C)S2)OOC4)cc1)OCC. The number of benzene rings is 2. The number of Topliss-reactive ketones (excluding diaryl/α,β-unsaturated/α-hetero) is 1. The second kappa shape index (κ2) is 10.6. The summed E-state index contributed by atoms with van der Waals surface area (Å²) in [5.41, 5.74) is 3.69. The third-order valence-electron chi connectivity index (χ3n) is 5.60. The van der Waals surface area contributed by atoms with Crippen LogP contribution in [0.25, 0.3) is 0 Å². The first kappa shape index (κ1) is 24.9. The van der Waals surface area contributed by atoms with E-state index < -0.39 is 12.8 Å². The van der Waals surface area contributed by atoms with Gasteiger partial charge in [0.05, 0.1) is 29.9 Å². The molecule has 2 aliphatic heterocycles. The standard InChI is InChI=1S/C24H28NO7PS/c1-4-30-33(28,31-5-2)14-16-6-8-19(9-7-16)25-24(27)22-11-17-10-18-13-29-32-21(18)12-20(17)23(26)15(3)34-22/h6-10,12,15,22H,4-5,11,13-14H2,1-3H3,(H,25,27)/t15-,22+/m0/s1. The maximum atomic E-state index is 13.1. The van der Waals surface area contributed by atoms with Gasteiger partial charge in [0.25, 0.3) is 0 Å². The Hall–Kier alpha value is -2.16. The number of fused-ring (bicyclic) bond motifs is 2. The van der Waals surface area contributed by atoms with E-state index in [1.165, 1.54) is 11.8 Å². The van der Waals surface area contributed by atoms with Gasteiger partial charge in [-0.1, -0.05) is 12.1 Å². The molecule has 34 heavy (non-hydrogen) atoms. The number of anilines is 1. The zero-order valence-corrected chi connectivity index (χ0v) is 21.1. The molecule has 0 saturated carbocycles. The molecule has 0 spiro atoms. The fourth-order valence-electron chi connectivity index (χ4n) is 4.01. The molecule has 0 fully saturated rings. The molecule has 2 aromatic rings. The molecule has 0 unspecified atom stereocenters. The Morgan fingerprint density at radius 1 is 1.15 bits per heavy atom. The van der Waals surface area contributed by atoms with Crippen LogP contribution >= 0.6 is 19.4 Å². The van der Waals surface area contributed by atoms with Crippen molar-refractivity contribution in [3.63, 3.8) is 0 Å². The second-order valence-corrected chi connectivity index (χ2v) is 11.7. The molecule has 0 bridgehead atoms. The number of hydrogen-bond acceptors (Lipinski definition) is 8. The molecule has 4 rings (SSSR count). The van der Waals surface area contributed by atoms with Crippen molar-refractivity contribution in [2.75, 3.05) is 18.5 Å². The van der Waals surface area contributed by atoms with Crippen molar-refractivity contribution in [3.8, 4) is 5.75 Å². The maximum absolute atomic E-state index is 13.1. The van der Waals surface area contributed by atoms with E-state index in [0.717, 1.165) is 16.7 Å². The highest BCUT2D eigenvalue weighted by atomic mass is 32.2. The molecule has 2 aliphatic rings. The van der Waals surface area contributed by atoms with Crippen LogP contribution in [0.4, 0.5) is 5.69 Å². The van der Waals surface area contributed by atoms with Gasteiger partial charge in [0.2, 0.25) is 5.91 Å². The van der Waals surface area contributed by atoms with Gasteiger partial charge in [-0.15, -0.1) is 11.8 Å². The van der Waals surface area contributed by atoms with E-state index in [1.54, 1.807) is 44.2 Å². The summed E-state index contributed by atoms with van der Waals surface area (Å²) in [6.07, 6.45) is 0.592. The quantitative estimate of drug-likeness (QED) is 0.389. The van der Waals surface area contributed by atoms with E-state index >= 15 is 0 Å². The van der Waals surface area contributed by atoms with Gasteiger partial charge in [-0.3, -0.25) is 14.2 Å². The number of thioether (sulfide) groups is 1. The van der Waals surface area contributed by atoms with Crippen LogP contribution in [0.1, 0.15) is 47.8 Å². The Bertz CT molecular complexity index is 1110. The van der Waals surface area contributed by atoms with Crippen molar-refractivity contribution in [2.45, 2.75) is 50.5 Å². The van der Waals surface area contributed by atoms with Gasteiger partial charge in [-0.05, 0) is 62.6 Å². The lowest BCUT2D eigenvalue weighted by Gasteiger charge is -2.18. The number of carbonyl (C=O) groups is 2. The molecule has 2 heterocycles. The predicted molar refractivity (Wildman–Crippen MR) is 130 cm³/mol. The molecule has 0 saturated heterocycles. The Kier molecular flexibility index (Phi) is 7.80. The fourth-order valence-corrected chi connectivity index (χ4v) is 6.92. The highest BCUT2D eigenvalue weighted by molar-refractivity contribution is 8.02. The fraction of sp³-hybridized carbons (Fsp3) is 0.417. The smallest absolute Gasteiger partial charge is 0.335 e. The van der Waals surface area contributed by atoms with Crippen molar-refractivity contribution < 1.29 is 33.0 Å². The normalized spacial score (nSPS) is 19.7. The Morgan fingerprint density at radius 3 is 2.53 bits per heavy atom. The van der Waals surface area contributed by atoms with E-state index in [2.05, 4.69) is 5.32 Å². The maximum Gasteiger partial charge on any atom is 0.335 e. The lowest BCUT2D eigenvalue weighted by Crippen LogP contribution is -2.28. The van der Waals surface area contributed by atoms with E-state index in [1.807, 2.05) is 13.0 Å². The molecule has 0 radical (unpaired) electrons. The van der Waals surface area contributed by atoms with Gasteiger partial charge < -0.3 is 19.3 Å². The average Bonchev–Trinajstić information content (AvgIpc) is 3.21. The van der Waals surface area contributed by atoms with Crippen LogP contribution in [-0.4, -0.2) is 35.4 Å². The molecule has 2 atom stereocenters. The molecule has 182 valence electrons. The molecule has 2 aromatic carbocycles. The first-order chi connectivity index (χ1) is 16.3. The van der Waals surface area contributed by atoms with Gasteiger partial charge in [0.1, 0.15) is 6.61 Å². The number of ketones is 1. The summed E-state index contributed by atoms with van der Waals surface area (Å²) in [5.74, 6) is 0.365. The molecular formula is C24H28NO7PS. The number of amides is 1. The first-order valence-electron chi connectivity index (χ1n) is 11.2. The largest absolute Gasteiger partial charge is 0.337 e. The summed E-state index contributed by atoms with van der Waals surface area (Å²) >= 11 is 1.35. The zero-order chi connectivity index (χ0) is 24.3. The van der Waals surface area contributed by atoms with Crippen LogP contribution in [0.15, 0.2) is 36.4 Å². The van der Waals surface area contributed by atoms with Crippen LogP contribution in [-0.2, 0) is 42.5 Å². The van der Waals surface area contributed by atoms with Crippen LogP contribution < -0.4 is 10.2 Å². The topological polar surface area (TPSA) is 100 Å². The van der Waals surface area contributed by atoms with Gasteiger partial charge in [0, 0.05) is 16.8 Å². The van der Waals surface area contributed by atoms with E-state index in [9.17, 15) is 14.2 Å². The molecule has 8 nitrogen and oxygen atoms in total. The Balaban J connectivity index is 1.46. The van der Waals surface area contributed by atoms with E-state index in [0.29, 0.717) is 43.2 Å². The minimum atomic E-state index is -3.20. The molecule has 1 amide bonds. The third kappa shape index (κ3) is 5.56. The molecule has 1 N–H and O–H groups in total. The summed E-state index contributed by atoms with van der Waals surface area (Å²) < 4.78 is 23.5. The predicted octanol–water partition coefficient (Wildman–Crippen LogP) is 5.14. The summed E-state index contributed by atoms with van der Waals surface area (Å²) in [4.78, 5) is 36.2. The monoisotopic (exact) mass is 505 g/mol. The van der Waals surface area contributed by atoms with Crippen LogP contribution in [0.3, 0.4) is 0 Å². The van der Waals surface area contributed by atoms with Gasteiger partial charge in [-0.25, -0.2) is 0 Å². The van der Waals surface area contributed by atoms with Crippen molar-refractivity contribution in [1.29, 1.82) is 0 Å². The average molecular weight is 506 g/mol. The van der Waals surface area contributed by atoms with Gasteiger partial charge in [0.15, 0.2) is 11.5 Å². The van der Waals surface area contributed by atoms with E-state index in [4.69, 9.17) is 18.8 Å². The Morgan fingerprint density at radius 2 is 1.85 bits per heavy atom. The zero-order valence-electron chi connectivity index (χ0n) is 19.4. The summed E-state index contributed by atoms with van der Waals surface area (Å²) in [6.45, 7) is 6.29. The van der Waals surface area contributed by atoms with Crippen molar-refractivity contribution in [2.24, 2.45) is 0 Å². The van der Waals surface area contributed by atoms with Crippen LogP contribution in [0.5, 0.6) is 5.75 Å². The number of hydrogen-bond donors (Lipinski definition) is 1. The van der Waals surface area contributed by atoms with Crippen molar-refractivity contribution in [1.82, 2.24) is 0 Å². The third-order valence-corrected chi connectivity index (χ3v) is 8.99. The van der Waals surface area contributed by atoms with Crippen molar-refractivity contribution >= 4 is 36.7 Å². The summed E-state index contributed by atoms with van der Waals surface area (Å²) in [6, 6.07) is 10.7. The van der Waals surface area contributed by atoms with Crippen molar-refractivity contribution in [3.05, 3.63) is 58.7 Å². The first-order valence-corrected chi connectivity index (χ1v) is 13.9. The number of carbonyl (C=O) groups excluding carboxylic acids is 2. The lowest BCUT2D eigenvalue weighted by molar-refractivity contribution is -0.194. The number of rotatable bonds is 8. The summed E-state index contributed by atoms with van der Waals surface area (Å²) in [5, 5.41) is 2.14. The molecular weight excluding hydrogens is 477 g/mol. The van der Waals surface area contributed by atoms with Crippen LogP contribution in [0.2, 0.25) is 0 Å². The number of nitrogens with one attached hydrogen (secondary N) is 1. The van der Waals surface area contributed by atoms with E-state index in [-0.39, 0.29) is 23.1 Å². The molecule has 0 aromatic heterocycles. The molecule has 10 heteroatoms. The van der Waals surface area contributed by atoms with Crippen LogP contribution in [0, 0.1) is 0 Å². The van der Waals surface area contributed by atoms with Gasteiger partial charge >= 0.3 is 7.60 Å². The Labute approximate surface area is 203 Å². The lowest BCUT2D eigenvalue weighted by atomic mass is 9.95. The highest BCUT2D eigenvalue weighted by Crippen LogP contribution is 2.51. The minimum Gasteiger partial charge on any atom is -0.337 e.